The first-order valence-electron chi connectivity index (χ1n) is 5.49. The predicted molar refractivity (Wildman–Crippen MR) is 77.1 cm³/mol. The number of thiophene rings is 1. The highest BCUT2D eigenvalue weighted by Gasteiger charge is 2.11. The van der Waals surface area contributed by atoms with Crippen molar-refractivity contribution in [1.29, 1.82) is 0 Å². The number of carbonyl (C=O) groups excluding carboxylic acids is 1. The molecule has 0 aromatic carbocycles. The van der Waals surface area contributed by atoms with Gasteiger partial charge in [-0.3, -0.25) is 9.59 Å². The minimum absolute atomic E-state index is 0.171. The van der Waals surface area contributed by atoms with Crippen LogP contribution in [0.3, 0.4) is 0 Å². The summed E-state index contributed by atoms with van der Waals surface area (Å²) in [5.41, 5.74) is 1.18. The van der Waals surface area contributed by atoms with Gasteiger partial charge in [-0.2, -0.15) is 0 Å². The highest BCUT2D eigenvalue weighted by molar-refractivity contribution is 7.12. The average Bonchev–Trinajstić information content (AvgIpc) is 3.02. The molecule has 0 aliphatic rings. The summed E-state index contributed by atoms with van der Waals surface area (Å²) >= 11 is 2.26. The molecule has 0 bridgehead atoms. The van der Waals surface area contributed by atoms with Gasteiger partial charge in [-0.05, 0) is 23.1 Å². The molecular weight excluding hydrogens is 300 g/mol. The Kier molecular flexibility index (Phi) is 4.49. The number of carboxylic acid groups (broad SMARTS) is 1. The summed E-state index contributed by atoms with van der Waals surface area (Å²) < 4.78 is 0. The summed E-state index contributed by atoms with van der Waals surface area (Å²) in [6, 6.07) is 1.67. The SMILES string of the molecule is O=C(O)/C=C/c1ccsc1C(=O)NCc1csc(=O)[nH]1. The van der Waals surface area contributed by atoms with Crippen LogP contribution in [0, 0.1) is 0 Å². The molecule has 2 rings (SSSR count). The van der Waals surface area contributed by atoms with Crippen molar-refractivity contribution in [2.45, 2.75) is 6.54 Å². The fourth-order valence-electron chi connectivity index (χ4n) is 1.45. The molecule has 0 radical (unpaired) electrons. The van der Waals surface area contributed by atoms with E-state index < -0.39 is 5.97 Å². The van der Waals surface area contributed by atoms with Crippen molar-refractivity contribution in [3.63, 3.8) is 0 Å². The number of nitrogens with one attached hydrogen (secondary N) is 2. The van der Waals surface area contributed by atoms with Crippen molar-refractivity contribution >= 4 is 40.6 Å². The van der Waals surface area contributed by atoms with Crippen LogP contribution in [0.5, 0.6) is 0 Å². The molecule has 0 saturated carbocycles. The highest BCUT2D eigenvalue weighted by Crippen LogP contribution is 2.18. The second kappa shape index (κ2) is 6.31. The largest absolute Gasteiger partial charge is 0.478 e. The summed E-state index contributed by atoms with van der Waals surface area (Å²) in [6.07, 6.45) is 2.36. The van der Waals surface area contributed by atoms with Crippen LogP contribution in [-0.2, 0) is 11.3 Å². The Morgan fingerprint density at radius 2 is 2.20 bits per heavy atom. The van der Waals surface area contributed by atoms with Gasteiger partial charge in [0.15, 0.2) is 0 Å². The zero-order valence-electron chi connectivity index (χ0n) is 10.1. The van der Waals surface area contributed by atoms with E-state index in [-0.39, 0.29) is 17.3 Å². The summed E-state index contributed by atoms with van der Waals surface area (Å²) in [5.74, 6) is -1.38. The second-order valence-electron chi connectivity index (χ2n) is 3.73. The van der Waals surface area contributed by atoms with Crippen molar-refractivity contribution in [1.82, 2.24) is 10.3 Å². The summed E-state index contributed by atoms with van der Waals surface area (Å²) in [7, 11) is 0. The Morgan fingerprint density at radius 1 is 1.40 bits per heavy atom. The molecule has 2 aromatic heterocycles. The number of carboxylic acids is 1. The maximum atomic E-state index is 12.0. The topological polar surface area (TPSA) is 99.3 Å². The monoisotopic (exact) mass is 310 g/mol. The Balaban J connectivity index is 2.04. The van der Waals surface area contributed by atoms with Crippen molar-refractivity contribution in [2.24, 2.45) is 0 Å². The van der Waals surface area contributed by atoms with E-state index in [1.54, 1.807) is 16.8 Å². The van der Waals surface area contributed by atoms with Crippen LogP contribution >= 0.6 is 22.7 Å². The normalized spacial score (nSPS) is 10.8. The minimum atomic E-state index is -1.07. The number of H-pyrrole nitrogens is 1. The van der Waals surface area contributed by atoms with Crippen molar-refractivity contribution in [3.05, 3.63) is 48.7 Å². The number of carbonyl (C=O) groups is 2. The van der Waals surface area contributed by atoms with Gasteiger partial charge >= 0.3 is 10.8 Å². The second-order valence-corrected chi connectivity index (χ2v) is 5.49. The van der Waals surface area contributed by atoms with Crippen LogP contribution in [0.4, 0.5) is 0 Å². The molecule has 2 aromatic rings. The number of aromatic nitrogens is 1. The maximum Gasteiger partial charge on any atom is 0.328 e. The van der Waals surface area contributed by atoms with Crippen molar-refractivity contribution < 1.29 is 14.7 Å². The average molecular weight is 310 g/mol. The van der Waals surface area contributed by atoms with Gasteiger partial charge in [-0.1, -0.05) is 11.3 Å². The molecule has 0 saturated heterocycles. The van der Waals surface area contributed by atoms with Gasteiger partial charge in [0.05, 0.1) is 11.4 Å². The summed E-state index contributed by atoms with van der Waals surface area (Å²) in [4.78, 5) is 36.3. The summed E-state index contributed by atoms with van der Waals surface area (Å²) in [5, 5.41) is 14.6. The Bertz CT molecular complexity index is 711. The Morgan fingerprint density at radius 3 is 2.85 bits per heavy atom. The Labute approximate surface area is 121 Å². The number of thiazole rings is 1. The minimum Gasteiger partial charge on any atom is -0.478 e. The highest BCUT2D eigenvalue weighted by atomic mass is 32.1. The van der Waals surface area contributed by atoms with E-state index in [1.807, 2.05) is 0 Å². The van der Waals surface area contributed by atoms with E-state index in [0.29, 0.717) is 16.1 Å². The molecule has 1 amide bonds. The number of rotatable bonds is 5. The van der Waals surface area contributed by atoms with Crippen LogP contribution in [0.25, 0.3) is 6.08 Å². The molecule has 6 nitrogen and oxygen atoms in total. The maximum absolute atomic E-state index is 12.0. The first-order chi connectivity index (χ1) is 9.56. The van der Waals surface area contributed by atoms with Crippen LogP contribution in [0.15, 0.2) is 27.7 Å². The molecule has 0 unspecified atom stereocenters. The third-order valence-corrected chi connectivity index (χ3v) is 3.97. The quantitative estimate of drug-likeness (QED) is 0.729. The Hall–Kier alpha value is -2.19. The smallest absolute Gasteiger partial charge is 0.328 e. The van der Waals surface area contributed by atoms with Crippen molar-refractivity contribution in [3.8, 4) is 0 Å². The number of aromatic amines is 1. The first-order valence-corrected chi connectivity index (χ1v) is 7.25. The standard InChI is InChI=1S/C12H10N2O4S2/c15-9(16)2-1-7-3-4-19-10(7)11(17)13-5-8-6-20-12(18)14-8/h1-4,6H,5H2,(H,13,17)(H,14,18)(H,15,16)/b2-1+. The number of aliphatic carboxylic acids is 1. The molecule has 0 aliphatic carbocycles. The molecule has 8 heteroatoms. The van der Waals surface area contributed by atoms with Gasteiger partial charge in [-0.25, -0.2) is 4.79 Å². The predicted octanol–water partition coefficient (Wildman–Crippen LogP) is 1.53. The van der Waals surface area contributed by atoms with Gasteiger partial charge in [0.25, 0.3) is 5.91 Å². The van der Waals surface area contributed by atoms with E-state index in [2.05, 4.69) is 10.3 Å². The fourth-order valence-corrected chi connectivity index (χ4v) is 2.84. The number of hydrogen-bond donors (Lipinski definition) is 3. The van der Waals surface area contributed by atoms with E-state index in [0.717, 1.165) is 17.4 Å². The molecule has 2 heterocycles. The molecule has 104 valence electrons. The van der Waals surface area contributed by atoms with E-state index in [1.165, 1.54) is 17.4 Å². The third-order valence-electron chi connectivity index (χ3n) is 2.32. The lowest BCUT2D eigenvalue weighted by Gasteiger charge is -2.02. The lowest BCUT2D eigenvalue weighted by molar-refractivity contribution is -0.131. The van der Waals surface area contributed by atoms with Crippen LogP contribution in [-0.4, -0.2) is 22.0 Å². The number of hydrogen-bond acceptors (Lipinski definition) is 5. The molecular formula is C12H10N2O4S2. The molecule has 0 aliphatic heterocycles. The molecule has 20 heavy (non-hydrogen) atoms. The van der Waals surface area contributed by atoms with Crippen LogP contribution in [0.2, 0.25) is 0 Å². The zero-order valence-corrected chi connectivity index (χ0v) is 11.7. The lowest BCUT2D eigenvalue weighted by atomic mass is 10.2. The zero-order chi connectivity index (χ0) is 14.5. The van der Waals surface area contributed by atoms with Gasteiger partial charge in [-0.15, -0.1) is 11.3 Å². The van der Waals surface area contributed by atoms with Gasteiger partial charge in [0.2, 0.25) is 0 Å². The third kappa shape index (κ3) is 3.65. The fraction of sp³-hybridized carbons (Fsp3) is 0.0833. The lowest BCUT2D eigenvalue weighted by Crippen LogP contribution is -2.23. The van der Waals surface area contributed by atoms with Gasteiger partial charge in [0.1, 0.15) is 0 Å². The first kappa shape index (κ1) is 14.2. The molecule has 0 spiro atoms. The van der Waals surface area contributed by atoms with Crippen LogP contribution < -0.4 is 10.2 Å². The summed E-state index contributed by atoms with van der Waals surface area (Å²) in [6.45, 7) is 0.220. The molecule has 0 fully saturated rings. The molecule has 3 N–H and O–H groups in total. The van der Waals surface area contributed by atoms with Gasteiger partial charge < -0.3 is 15.4 Å². The number of amides is 1. The molecule has 0 atom stereocenters. The van der Waals surface area contributed by atoms with Gasteiger partial charge in [0, 0.05) is 17.2 Å². The van der Waals surface area contributed by atoms with E-state index in [9.17, 15) is 14.4 Å². The van der Waals surface area contributed by atoms with E-state index >= 15 is 0 Å². The van der Waals surface area contributed by atoms with Crippen LogP contribution in [0.1, 0.15) is 20.9 Å². The van der Waals surface area contributed by atoms with Crippen molar-refractivity contribution in [2.75, 3.05) is 0 Å². The van der Waals surface area contributed by atoms with E-state index in [4.69, 9.17) is 5.11 Å².